The van der Waals surface area contributed by atoms with Crippen LogP contribution in [0, 0.1) is 0 Å². The number of imidazole rings is 1. The van der Waals surface area contributed by atoms with E-state index in [0.29, 0.717) is 12.0 Å². The van der Waals surface area contributed by atoms with Gasteiger partial charge in [-0.2, -0.15) is 0 Å². The Morgan fingerprint density at radius 1 is 1.08 bits per heavy atom. The van der Waals surface area contributed by atoms with Gasteiger partial charge in [0.1, 0.15) is 0 Å². The Labute approximate surface area is 145 Å². The highest BCUT2D eigenvalue weighted by molar-refractivity contribution is 5.97. The summed E-state index contributed by atoms with van der Waals surface area (Å²) in [5.74, 6) is 0.0789. The van der Waals surface area contributed by atoms with Gasteiger partial charge in [0.05, 0.1) is 24.6 Å². The molecule has 0 saturated carbocycles. The average Bonchev–Trinajstić information content (AvgIpc) is 3.22. The molecule has 0 fully saturated rings. The smallest absolute Gasteiger partial charge is 0.170 e. The number of Topliss-reactive ketones (excluding diaryl/α,β-unsaturated/α-hetero) is 1. The van der Waals surface area contributed by atoms with Crippen molar-refractivity contribution in [2.75, 3.05) is 0 Å². The third-order valence-corrected chi connectivity index (χ3v) is 4.39. The molecule has 3 aromatic heterocycles. The van der Waals surface area contributed by atoms with Crippen LogP contribution in [-0.4, -0.2) is 24.9 Å². The van der Waals surface area contributed by atoms with Crippen LogP contribution in [0.4, 0.5) is 0 Å². The topological polar surface area (TPSA) is 52.7 Å². The van der Waals surface area contributed by atoms with Gasteiger partial charge in [-0.3, -0.25) is 9.78 Å². The highest BCUT2D eigenvalue weighted by atomic mass is 16.1. The first-order valence-electron chi connectivity index (χ1n) is 8.11. The number of aromatic nitrogens is 4. The number of benzene rings is 1. The molecule has 0 atom stereocenters. The van der Waals surface area contributed by atoms with Crippen molar-refractivity contribution >= 4 is 16.6 Å². The lowest BCUT2D eigenvalue weighted by atomic mass is 10.0. The second-order valence-corrected chi connectivity index (χ2v) is 6.29. The van der Waals surface area contributed by atoms with Gasteiger partial charge in [-0.15, -0.1) is 0 Å². The summed E-state index contributed by atoms with van der Waals surface area (Å²) in [6.45, 7) is 0. The normalized spacial score (nSPS) is 11.1. The van der Waals surface area contributed by atoms with E-state index in [1.165, 1.54) is 0 Å². The Hall–Kier alpha value is -3.21. The van der Waals surface area contributed by atoms with Gasteiger partial charge in [0, 0.05) is 54.9 Å². The summed E-state index contributed by atoms with van der Waals surface area (Å²) in [4.78, 5) is 21.0. The van der Waals surface area contributed by atoms with Gasteiger partial charge < -0.3 is 9.13 Å². The van der Waals surface area contributed by atoms with Gasteiger partial charge >= 0.3 is 0 Å². The van der Waals surface area contributed by atoms with Crippen molar-refractivity contribution in [3.8, 4) is 11.3 Å². The number of fused-ring (bicyclic) bond motifs is 1. The summed E-state index contributed by atoms with van der Waals surface area (Å²) in [6, 6.07) is 10.1. The zero-order valence-electron chi connectivity index (χ0n) is 14.2. The summed E-state index contributed by atoms with van der Waals surface area (Å²) >= 11 is 0. The number of pyridine rings is 1. The zero-order valence-corrected chi connectivity index (χ0v) is 14.2. The Kier molecular flexibility index (Phi) is 3.69. The lowest BCUT2D eigenvalue weighted by Gasteiger charge is -2.06. The number of nitrogens with zero attached hydrogens (tertiary/aromatic N) is 4. The van der Waals surface area contributed by atoms with Crippen LogP contribution in [-0.2, 0) is 20.5 Å². The quantitative estimate of drug-likeness (QED) is 0.539. The fraction of sp³-hybridized carbons (Fsp3) is 0.150. The molecule has 5 nitrogen and oxygen atoms in total. The Morgan fingerprint density at radius 2 is 1.96 bits per heavy atom. The van der Waals surface area contributed by atoms with Gasteiger partial charge in [-0.1, -0.05) is 12.1 Å². The van der Waals surface area contributed by atoms with E-state index in [-0.39, 0.29) is 5.78 Å². The third-order valence-electron chi connectivity index (χ3n) is 4.39. The predicted molar refractivity (Wildman–Crippen MR) is 97.4 cm³/mol. The van der Waals surface area contributed by atoms with Crippen molar-refractivity contribution in [1.29, 1.82) is 0 Å². The largest absolute Gasteiger partial charge is 0.357 e. The maximum atomic E-state index is 12.4. The monoisotopic (exact) mass is 330 g/mol. The van der Waals surface area contributed by atoms with Crippen molar-refractivity contribution in [3.63, 3.8) is 0 Å². The number of carbonyl (C=O) groups is 1. The summed E-state index contributed by atoms with van der Waals surface area (Å²) in [6.07, 6.45) is 9.48. The van der Waals surface area contributed by atoms with E-state index < -0.39 is 0 Å². The van der Waals surface area contributed by atoms with Gasteiger partial charge in [0.2, 0.25) is 0 Å². The number of rotatable bonds is 4. The van der Waals surface area contributed by atoms with Crippen molar-refractivity contribution < 1.29 is 4.79 Å². The van der Waals surface area contributed by atoms with Gasteiger partial charge in [0.25, 0.3) is 0 Å². The van der Waals surface area contributed by atoms with Crippen molar-refractivity contribution in [2.24, 2.45) is 14.1 Å². The molecule has 0 aliphatic carbocycles. The first-order chi connectivity index (χ1) is 12.1. The molecule has 1 aromatic carbocycles. The minimum absolute atomic E-state index is 0.0789. The molecule has 0 aliphatic rings. The van der Waals surface area contributed by atoms with Crippen molar-refractivity contribution in [2.45, 2.75) is 6.42 Å². The molecule has 4 rings (SSSR count). The second-order valence-electron chi connectivity index (χ2n) is 6.29. The second kappa shape index (κ2) is 6.02. The number of aryl methyl sites for hydroxylation is 2. The minimum atomic E-state index is 0.0789. The van der Waals surface area contributed by atoms with Crippen LogP contribution in [0.25, 0.3) is 22.0 Å². The van der Waals surface area contributed by atoms with Crippen LogP contribution >= 0.6 is 0 Å². The van der Waals surface area contributed by atoms with E-state index in [1.54, 1.807) is 6.33 Å². The number of carbonyl (C=O) groups excluding carboxylic acids is 1. The molecule has 0 N–H and O–H groups in total. The highest BCUT2D eigenvalue weighted by Crippen LogP contribution is 2.24. The first-order valence-corrected chi connectivity index (χ1v) is 8.11. The maximum Gasteiger partial charge on any atom is 0.170 e. The van der Waals surface area contributed by atoms with Crippen LogP contribution in [0.5, 0.6) is 0 Å². The Balaban J connectivity index is 1.67. The van der Waals surface area contributed by atoms with E-state index in [1.807, 2.05) is 66.2 Å². The van der Waals surface area contributed by atoms with Crippen LogP contribution < -0.4 is 0 Å². The molecule has 5 heteroatoms. The van der Waals surface area contributed by atoms with Crippen LogP contribution in [0.15, 0.2) is 61.4 Å². The molecule has 0 amide bonds. The van der Waals surface area contributed by atoms with Gasteiger partial charge in [0.15, 0.2) is 5.78 Å². The first kappa shape index (κ1) is 15.3. The third kappa shape index (κ3) is 2.96. The average molecular weight is 330 g/mol. The van der Waals surface area contributed by atoms with Gasteiger partial charge in [-0.05, 0) is 23.6 Å². The van der Waals surface area contributed by atoms with E-state index in [2.05, 4.69) is 22.1 Å². The predicted octanol–water partition coefficient (Wildman–Crippen LogP) is 3.40. The summed E-state index contributed by atoms with van der Waals surface area (Å²) in [5.41, 5.74) is 3.65. The number of hydrogen-bond acceptors (Lipinski definition) is 3. The number of hydrogen-bond donors (Lipinski definition) is 0. The summed E-state index contributed by atoms with van der Waals surface area (Å²) in [7, 11) is 3.88. The molecule has 0 bridgehead atoms. The Morgan fingerprint density at radius 3 is 2.68 bits per heavy atom. The molecule has 0 aliphatic heterocycles. The SMILES string of the molecule is Cn1ccc(C(=O)Cc2cc3cc(-c4cncn4C)ccc3cn2)c1. The van der Waals surface area contributed by atoms with E-state index in [0.717, 1.165) is 27.7 Å². The van der Waals surface area contributed by atoms with Crippen LogP contribution in [0.3, 0.4) is 0 Å². The summed E-state index contributed by atoms with van der Waals surface area (Å²) in [5, 5.41) is 2.13. The van der Waals surface area contributed by atoms with Crippen LogP contribution in [0.2, 0.25) is 0 Å². The molecule has 124 valence electrons. The fourth-order valence-electron chi connectivity index (χ4n) is 3.01. The standard InChI is InChI=1S/C20H18N4O/c1-23-6-5-16(12-23)20(25)9-18-8-17-7-14(3-4-15(17)10-22-18)19-11-21-13-24(19)2/h3-8,10-13H,9H2,1-2H3. The molecule has 0 spiro atoms. The maximum absolute atomic E-state index is 12.4. The minimum Gasteiger partial charge on any atom is -0.357 e. The summed E-state index contributed by atoms with van der Waals surface area (Å²) < 4.78 is 3.86. The lowest BCUT2D eigenvalue weighted by molar-refractivity contribution is 0.0992. The Bertz CT molecular complexity index is 1070. The molecular weight excluding hydrogens is 312 g/mol. The highest BCUT2D eigenvalue weighted by Gasteiger charge is 2.10. The molecule has 25 heavy (non-hydrogen) atoms. The van der Waals surface area contributed by atoms with E-state index in [9.17, 15) is 4.79 Å². The molecule has 0 unspecified atom stereocenters. The fourth-order valence-corrected chi connectivity index (χ4v) is 3.01. The number of ketones is 1. The molecule has 3 heterocycles. The zero-order chi connectivity index (χ0) is 17.4. The van der Waals surface area contributed by atoms with Crippen LogP contribution in [0.1, 0.15) is 16.1 Å². The molecule has 0 saturated heterocycles. The van der Waals surface area contributed by atoms with E-state index in [4.69, 9.17) is 0 Å². The van der Waals surface area contributed by atoms with Crippen molar-refractivity contribution in [3.05, 3.63) is 72.7 Å². The lowest BCUT2D eigenvalue weighted by Crippen LogP contribution is -2.04. The van der Waals surface area contributed by atoms with Crippen molar-refractivity contribution in [1.82, 2.24) is 19.1 Å². The molecular formula is C20H18N4O. The van der Waals surface area contributed by atoms with E-state index >= 15 is 0 Å². The molecule has 0 radical (unpaired) electrons. The molecule has 4 aromatic rings. The van der Waals surface area contributed by atoms with Gasteiger partial charge in [-0.25, -0.2) is 4.98 Å².